The van der Waals surface area contributed by atoms with Crippen molar-refractivity contribution >= 4 is 27.3 Å². The Morgan fingerprint density at radius 3 is 2.80 bits per heavy atom. The Morgan fingerprint density at radius 1 is 1.60 bits per heavy atom. The van der Waals surface area contributed by atoms with Gasteiger partial charge in [0.05, 0.1) is 11.5 Å². The topological polar surface area (TPSA) is 90.3 Å². The smallest absolute Gasteiger partial charge is 0.263 e. The van der Waals surface area contributed by atoms with E-state index >= 15 is 0 Å². The second-order valence-corrected chi connectivity index (χ2v) is 7.28. The average molecular weight is 320 g/mol. The molecule has 0 aromatic carbocycles. The van der Waals surface area contributed by atoms with Gasteiger partial charge in [-0.05, 0) is 12.8 Å². The van der Waals surface area contributed by atoms with Crippen molar-refractivity contribution in [2.45, 2.75) is 18.9 Å². The van der Waals surface area contributed by atoms with Crippen LogP contribution in [0.3, 0.4) is 0 Å². The molecule has 0 aromatic heterocycles. The zero-order valence-corrected chi connectivity index (χ0v) is 12.9. The van der Waals surface area contributed by atoms with Crippen LogP contribution in [0.1, 0.15) is 12.8 Å². The second-order valence-electron chi connectivity index (χ2n) is 4.68. The summed E-state index contributed by atoms with van der Waals surface area (Å²) < 4.78 is 22.8. The summed E-state index contributed by atoms with van der Waals surface area (Å²) >= 11 is 5.50. The van der Waals surface area contributed by atoms with E-state index in [0.29, 0.717) is 25.3 Å². The Hall–Kier alpha value is -1.26. The number of carbonyl (C=O) groups is 1. The largest absolute Gasteiger partial charge is 0.375 e. The number of halogens is 1. The van der Waals surface area contributed by atoms with Gasteiger partial charge in [0.15, 0.2) is 9.84 Å². The van der Waals surface area contributed by atoms with E-state index < -0.39 is 15.7 Å². The fraction of sp³-hybridized carbons (Fsp3) is 0.667. The molecule has 112 valence electrons. The molecule has 1 amide bonds. The maximum absolute atomic E-state index is 11.7. The van der Waals surface area contributed by atoms with Crippen LogP contribution in [0.2, 0.25) is 0 Å². The maximum Gasteiger partial charge on any atom is 0.263 e. The van der Waals surface area contributed by atoms with E-state index in [1.807, 2.05) is 6.07 Å². The van der Waals surface area contributed by atoms with Gasteiger partial charge in [-0.25, -0.2) is 8.42 Å². The van der Waals surface area contributed by atoms with Crippen LogP contribution >= 0.6 is 11.6 Å². The number of amides is 1. The Labute approximate surface area is 124 Å². The van der Waals surface area contributed by atoms with E-state index in [0.717, 1.165) is 0 Å². The van der Waals surface area contributed by atoms with E-state index in [1.54, 1.807) is 11.9 Å². The van der Waals surface area contributed by atoms with Crippen LogP contribution in [0.15, 0.2) is 11.8 Å². The van der Waals surface area contributed by atoms with Gasteiger partial charge in [-0.1, -0.05) is 0 Å². The fourth-order valence-electron chi connectivity index (χ4n) is 1.91. The van der Waals surface area contributed by atoms with Gasteiger partial charge in [0.1, 0.15) is 11.6 Å². The molecule has 0 aliphatic carbocycles. The Kier molecular flexibility index (Phi) is 6.30. The molecule has 1 rings (SSSR count). The van der Waals surface area contributed by atoms with Gasteiger partial charge in [0.2, 0.25) is 0 Å². The summed E-state index contributed by atoms with van der Waals surface area (Å²) in [5.41, 5.74) is -0.0358. The summed E-state index contributed by atoms with van der Waals surface area (Å²) in [6.07, 6.45) is 2.55. The first kappa shape index (κ1) is 16.8. The Balaban J connectivity index is 2.65. The van der Waals surface area contributed by atoms with Crippen LogP contribution in [0.25, 0.3) is 0 Å². The first-order valence-corrected chi connectivity index (χ1v) is 8.63. The number of nitriles is 1. The molecule has 6 nitrogen and oxygen atoms in total. The van der Waals surface area contributed by atoms with Crippen LogP contribution in [-0.2, 0) is 14.6 Å². The van der Waals surface area contributed by atoms with Gasteiger partial charge >= 0.3 is 0 Å². The van der Waals surface area contributed by atoms with Gasteiger partial charge in [-0.15, -0.1) is 11.6 Å². The molecule has 1 saturated heterocycles. The normalized spacial score (nSPS) is 21.2. The van der Waals surface area contributed by atoms with Crippen molar-refractivity contribution in [2.24, 2.45) is 0 Å². The number of alkyl halides is 1. The van der Waals surface area contributed by atoms with Crippen molar-refractivity contribution in [3.05, 3.63) is 11.8 Å². The molecule has 8 heteroatoms. The molecular formula is C12H18ClN3O3S. The number of nitrogens with zero attached hydrogens (tertiary/aromatic N) is 2. The van der Waals surface area contributed by atoms with Crippen molar-refractivity contribution < 1.29 is 13.2 Å². The molecule has 1 heterocycles. The van der Waals surface area contributed by atoms with Gasteiger partial charge < -0.3 is 10.2 Å². The maximum atomic E-state index is 11.7. The molecular weight excluding hydrogens is 302 g/mol. The summed E-state index contributed by atoms with van der Waals surface area (Å²) in [7, 11) is -1.31. The first-order chi connectivity index (χ1) is 9.39. The summed E-state index contributed by atoms with van der Waals surface area (Å²) in [5, 5.41) is 11.6. The third kappa shape index (κ3) is 5.02. The monoisotopic (exact) mass is 319 g/mol. The molecule has 0 spiro atoms. The van der Waals surface area contributed by atoms with Crippen LogP contribution in [0.4, 0.5) is 0 Å². The standard InChI is InChI=1S/C12H18ClN3O3S/c1-16(11-3-6-20(18,19)9-11)8-10(7-14)12(17)15-5-2-4-13/h8,11H,2-6,9H2,1H3,(H,15,17)/b10-8-. The van der Waals surface area contributed by atoms with Crippen LogP contribution in [0, 0.1) is 11.3 Å². The van der Waals surface area contributed by atoms with Gasteiger partial charge in [0, 0.05) is 31.7 Å². The fourth-order valence-corrected chi connectivity index (χ4v) is 3.83. The third-order valence-electron chi connectivity index (χ3n) is 3.08. The number of sulfone groups is 1. The molecule has 1 atom stereocenters. The van der Waals surface area contributed by atoms with E-state index in [2.05, 4.69) is 5.32 Å². The molecule has 0 radical (unpaired) electrons. The molecule has 1 unspecified atom stereocenters. The summed E-state index contributed by atoms with van der Waals surface area (Å²) in [6.45, 7) is 0.406. The minimum Gasteiger partial charge on any atom is -0.375 e. The van der Waals surface area contributed by atoms with E-state index in [9.17, 15) is 13.2 Å². The first-order valence-electron chi connectivity index (χ1n) is 6.28. The molecule has 0 saturated carbocycles. The summed E-state index contributed by atoms with van der Waals surface area (Å²) in [5.74, 6) is 0.183. The quantitative estimate of drug-likeness (QED) is 0.328. The van der Waals surface area contributed by atoms with Crippen molar-refractivity contribution in [2.75, 3.05) is 31.0 Å². The molecule has 1 fully saturated rings. The lowest BCUT2D eigenvalue weighted by molar-refractivity contribution is -0.117. The van der Waals surface area contributed by atoms with Crippen LogP contribution < -0.4 is 5.32 Å². The lowest BCUT2D eigenvalue weighted by Crippen LogP contribution is -2.31. The van der Waals surface area contributed by atoms with Crippen LogP contribution in [0.5, 0.6) is 0 Å². The van der Waals surface area contributed by atoms with Crippen molar-refractivity contribution in [1.82, 2.24) is 10.2 Å². The predicted molar refractivity (Wildman–Crippen MR) is 76.9 cm³/mol. The van der Waals surface area contributed by atoms with Gasteiger partial charge in [-0.3, -0.25) is 4.79 Å². The number of hydrogen-bond donors (Lipinski definition) is 1. The summed E-state index contributed by atoms with van der Waals surface area (Å²) in [6, 6.07) is 1.65. The van der Waals surface area contributed by atoms with Crippen LogP contribution in [-0.4, -0.2) is 56.2 Å². The second kappa shape index (κ2) is 7.50. The van der Waals surface area contributed by atoms with Crippen molar-refractivity contribution in [3.63, 3.8) is 0 Å². The lowest BCUT2D eigenvalue weighted by atomic mass is 10.2. The van der Waals surface area contributed by atoms with Gasteiger partial charge in [-0.2, -0.15) is 5.26 Å². The zero-order valence-electron chi connectivity index (χ0n) is 11.3. The number of hydrogen-bond acceptors (Lipinski definition) is 5. The van der Waals surface area contributed by atoms with E-state index in [-0.39, 0.29) is 23.1 Å². The Bertz CT molecular complexity index is 525. The molecule has 1 N–H and O–H groups in total. The minimum atomic E-state index is -2.99. The van der Waals surface area contributed by atoms with E-state index in [1.165, 1.54) is 6.20 Å². The molecule has 1 aliphatic rings. The lowest BCUT2D eigenvalue weighted by Gasteiger charge is -2.21. The summed E-state index contributed by atoms with van der Waals surface area (Å²) in [4.78, 5) is 13.4. The van der Waals surface area contributed by atoms with E-state index in [4.69, 9.17) is 16.9 Å². The SMILES string of the molecule is CN(/C=C(/C#N)C(=O)NCCCCl)C1CCS(=O)(=O)C1. The number of carbonyl (C=O) groups excluding carboxylic acids is 1. The number of rotatable bonds is 6. The highest BCUT2D eigenvalue weighted by molar-refractivity contribution is 7.91. The molecule has 0 bridgehead atoms. The Morgan fingerprint density at radius 2 is 2.30 bits per heavy atom. The highest BCUT2D eigenvalue weighted by Crippen LogP contribution is 2.17. The average Bonchev–Trinajstić information content (AvgIpc) is 2.76. The van der Waals surface area contributed by atoms with Crippen molar-refractivity contribution in [1.29, 1.82) is 5.26 Å². The minimum absolute atomic E-state index is 0.0358. The molecule has 20 heavy (non-hydrogen) atoms. The zero-order chi connectivity index (χ0) is 15.2. The highest BCUT2D eigenvalue weighted by atomic mass is 35.5. The van der Waals surface area contributed by atoms with Crippen molar-refractivity contribution in [3.8, 4) is 6.07 Å². The molecule has 0 aromatic rings. The number of nitrogens with one attached hydrogen (secondary N) is 1. The third-order valence-corrected chi connectivity index (χ3v) is 5.10. The highest BCUT2D eigenvalue weighted by Gasteiger charge is 2.30. The predicted octanol–water partition coefficient (Wildman–Crippen LogP) is 0.258. The molecule has 1 aliphatic heterocycles. The van der Waals surface area contributed by atoms with Gasteiger partial charge in [0.25, 0.3) is 5.91 Å².